The molecule has 5 aromatic rings. The number of anilines is 2. The number of amides is 2. The fourth-order valence-corrected chi connectivity index (χ4v) is 6.83. The number of aromatic amines is 1. The lowest BCUT2D eigenvalue weighted by Crippen LogP contribution is -2.51. The molecule has 5 heterocycles. The topological polar surface area (TPSA) is 132 Å². The minimum atomic E-state index is -0.676. The zero-order valence-corrected chi connectivity index (χ0v) is 27.5. The van der Waals surface area contributed by atoms with Crippen LogP contribution in [0, 0.1) is 5.41 Å². The first kappa shape index (κ1) is 32.0. The van der Waals surface area contributed by atoms with E-state index < -0.39 is 5.41 Å². The highest BCUT2D eigenvalue weighted by atomic mass is 16.5. The summed E-state index contributed by atoms with van der Waals surface area (Å²) in [6.45, 7) is 8.21. The van der Waals surface area contributed by atoms with Crippen LogP contribution in [0.1, 0.15) is 12.8 Å². The number of carbonyl (C=O) groups excluding carboxylic acids is 2. The highest BCUT2D eigenvalue weighted by molar-refractivity contribution is 6.00. The van der Waals surface area contributed by atoms with Crippen molar-refractivity contribution in [2.24, 2.45) is 5.41 Å². The normalized spacial score (nSPS) is 18.1. The van der Waals surface area contributed by atoms with Crippen molar-refractivity contribution in [1.82, 2.24) is 34.9 Å². The Morgan fingerprint density at radius 3 is 2.51 bits per heavy atom. The van der Waals surface area contributed by atoms with Gasteiger partial charge in [0.1, 0.15) is 5.69 Å². The lowest BCUT2D eigenvalue weighted by molar-refractivity contribution is -0.133. The second-order valence-electron chi connectivity index (χ2n) is 12.6. The first-order chi connectivity index (χ1) is 23.9. The van der Waals surface area contributed by atoms with Gasteiger partial charge in [0.15, 0.2) is 5.82 Å². The molecule has 2 saturated heterocycles. The van der Waals surface area contributed by atoms with E-state index in [9.17, 15) is 9.59 Å². The molecule has 1 atom stereocenters. The second-order valence-corrected chi connectivity index (χ2v) is 12.6. The Balaban J connectivity index is 0.959. The number of likely N-dealkylation sites (tertiary alicyclic amines) is 1. The zero-order valence-electron chi connectivity index (χ0n) is 27.5. The van der Waals surface area contributed by atoms with Crippen LogP contribution < -0.4 is 15.0 Å². The monoisotopic (exact) mass is 657 g/mol. The molecule has 3 aromatic heterocycles. The molecule has 12 heteroatoms. The Hall–Kier alpha value is -5.62. The fraction of sp³-hybridized carbons (Fsp3) is 0.297. The summed E-state index contributed by atoms with van der Waals surface area (Å²) in [5, 5.41) is 11.6. The Morgan fingerprint density at radius 1 is 0.959 bits per heavy atom. The van der Waals surface area contributed by atoms with E-state index >= 15 is 0 Å². The summed E-state index contributed by atoms with van der Waals surface area (Å²) in [6, 6.07) is 19.5. The Bertz CT molecular complexity index is 1960. The highest BCUT2D eigenvalue weighted by Gasteiger charge is 2.44. The number of ether oxygens (including phenoxy) is 1. The van der Waals surface area contributed by atoms with Gasteiger partial charge in [-0.1, -0.05) is 6.08 Å². The van der Waals surface area contributed by atoms with E-state index in [0.29, 0.717) is 56.4 Å². The Morgan fingerprint density at radius 2 is 1.76 bits per heavy atom. The van der Waals surface area contributed by atoms with Crippen LogP contribution in [0.25, 0.3) is 33.5 Å². The molecule has 0 aliphatic carbocycles. The SMILES string of the molecule is C=CCC1(C(=O)Nc2ccc3[nH]nc(-c4ccnc(OC)c4)c3c2)CCN(CC(=O)N2CCN(c3ccc(-c4ncccn4)cc3)CC2)C1. The molecule has 2 aliphatic rings. The molecule has 7 rings (SSSR count). The van der Waals surface area contributed by atoms with Crippen molar-refractivity contribution < 1.29 is 14.3 Å². The molecule has 2 N–H and O–H groups in total. The predicted octanol–water partition coefficient (Wildman–Crippen LogP) is 4.65. The lowest BCUT2D eigenvalue weighted by Gasteiger charge is -2.37. The molecule has 12 nitrogen and oxygen atoms in total. The Labute approximate surface area is 284 Å². The second kappa shape index (κ2) is 13.9. The smallest absolute Gasteiger partial charge is 0.236 e. The summed E-state index contributed by atoms with van der Waals surface area (Å²) in [4.78, 5) is 46.5. The van der Waals surface area contributed by atoms with Gasteiger partial charge in [0, 0.05) is 85.3 Å². The highest BCUT2D eigenvalue weighted by Crippen LogP contribution is 2.37. The number of allylic oxidation sites excluding steroid dienone is 1. The van der Waals surface area contributed by atoms with E-state index in [1.807, 2.05) is 47.4 Å². The fourth-order valence-electron chi connectivity index (χ4n) is 6.83. The summed E-state index contributed by atoms with van der Waals surface area (Å²) in [6.07, 6.45) is 8.13. The van der Waals surface area contributed by atoms with Crippen molar-refractivity contribution in [2.75, 3.05) is 63.1 Å². The van der Waals surface area contributed by atoms with Crippen molar-refractivity contribution in [3.63, 3.8) is 0 Å². The molecule has 250 valence electrons. The molecule has 0 spiro atoms. The molecular formula is C37H39N9O3. The number of H-pyrrole nitrogens is 1. The van der Waals surface area contributed by atoms with E-state index in [1.54, 1.807) is 37.8 Å². The van der Waals surface area contributed by atoms with Crippen LogP contribution in [-0.4, -0.2) is 99.7 Å². The molecule has 2 aromatic carbocycles. The van der Waals surface area contributed by atoms with E-state index in [-0.39, 0.29) is 18.4 Å². The minimum absolute atomic E-state index is 0.0733. The van der Waals surface area contributed by atoms with Gasteiger partial charge in [-0.05, 0) is 74.0 Å². The molecular weight excluding hydrogens is 618 g/mol. The van der Waals surface area contributed by atoms with Crippen molar-refractivity contribution in [3.05, 3.63) is 91.9 Å². The van der Waals surface area contributed by atoms with E-state index in [1.165, 1.54) is 0 Å². The van der Waals surface area contributed by atoms with Crippen molar-refractivity contribution in [2.45, 2.75) is 12.8 Å². The standard InChI is InChI=1S/C37H39N9O3/c1-3-12-37(36(48)41-28-7-10-31-30(23-28)34(43-42-31)27-11-16-38-32(22-27)49-2)13-17-44(25-37)24-33(47)46-20-18-45(19-21-46)29-8-5-26(6-9-29)35-39-14-4-15-40-35/h3-11,14-16,22-23H,1,12-13,17-21,24-25H2,2H3,(H,41,48)(H,42,43). The maximum atomic E-state index is 13.9. The maximum Gasteiger partial charge on any atom is 0.236 e. The number of pyridine rings is 1. The molecule has 2 fully saturated rings. The first-order valence-electron chi connectivity index (χ1n) is 16.5. The largest absolute Gasteiger partial charge is 0.481 e. The van der Waals surface area contributed by atoms with Gasteiger partial charge in [-0.2, -0.15) is 5.10 Å². The first-order valence-corrected chi connectivity index (χ1v) is 16.5. The van der Waals surface area contributed by atoms with E-state index in [0.717, 1.165) is 46.5 Å². The lowest BCUT2D eigenvalue weighted by atomic mass is 9.82. The average Bonchev–Trinajstić information content (AvgIpc) is 3.77. The summed E-state index contributed by atoms with van der Waals surface area (Å²) >= 11 is 0. The number of hydrogen-bond donors (Lipinski definition) is 2. The molecule has 2 aliphatic heterocycles. The third kappa shape index (κ3) is 6.72. The number of fused-ring (bicyclic) bond motifs is 1. The number of benzene rings is 2. The maximum absolute atomic E-state index is 13.9. The van der Waals surface area contributed by atoms with Gasteiger partial charge in [0.05, 0.1) is 24.6 Å². The zero-order chi connectivity index (χ0) is 33.8. The average molecular weight is 658 g/mol. The third-order valence-electron chi connectivity index (χ3n) is 9.54. The summed E-state index contributed by atoms with van der Waals surface area (Å²) < 4.78 is 5.29. The summed E-state index contributed by atoms with van der Waals surface area (Å²) in [5.41, 5.74) is 4.55. The quantitative estimate of drug-likeness (QED) is 0.206. The van der Waals surface area contributed by atoms with Crippen LogP contribution in [0.5, 0.6) is 5.88 Å². The van der Waals surface area contributed by atoms with Crippen molar-refractivity contribution >= 4 is 34.1 Å². The predicted molar refractivity (Wildman–Crippen MR) is 189 cm³/mol. The number of piperazine rings is 1. The van der Waals surface area contributed by atoms with Crippen LogP contribution in [0.4, 0.5) is 11.4 Å². The number of hydrogen-bond acceptors (Lipinski definition) is 9. The van der Waals surface area contributed by atoms with Crippen molar-refractivity contribution in [3.8, 4) is 28.5 Å². The van der Waals surface area contributed by atoms with Gasteiger partial charge in [0.25, 0.3) is 0 Å². The number of rotatable bonds is 10. The molecule has 1 unspecified atom stereocenters. The molecule has 49 heavy (non-hydrogen) atoms. The summed E-state index contributed by atoms with van der Waals surface area (Å²) in [7, 11) is 1.58. The van der Waals surface area contributed by atoms with E-state index in [4.69, 9.17) is 4.74 Å². The van der Waals surface area contributed by atoms with Gasteiger partial charge in [-0.25, -0.2) is 15.0 Å². The van der Waals surface area contributed by atoms with Gasteiger partial charge in [-0.15, -0.1) is 6.58 Å². The molecule has 0 bridgehead atoms. The Kier molecular flexibility index (Phi) is 9.03. The molecule has 0 radical (unpaired) electrons. The van der Waals surface area contributed by atoms with Crippen LogP contribution in [0.2, 0.25) is 0 Å². The number of nitrogens with one attached hydrogen (secondary N) is 2. The van der Waals surface area contributed by atoms with Crippen molar-refractivity contribution in [1.29, 1.82) is 0 Å². The van der Waals surface area contributed by atoms with Crippen LogP contribution in [0.3, 0.4) is 0 Å². The van der Waals surface area contributed by atoms with Gasteiger partial charge in [-0.3, -0.25) is 19.6 Å². The van der Waals surface area contributed by atoms with Crippen LogP contribution in [-0.2, 0) is 9.59 Å². The number of methoxy groups -OCH3 is 1. The summed E-state index contributed by atoms with van der Waals surface area (Å²) in [5.74, 6) is 1.22. The van der Waals surface area contributed by atoms with Crippen LogP contribution in [0.15, 0.2) is 91.9 Å². The van der Waals surface area contributed by atoms with E-state index in [2.05, 4.69) is 59.0 Å². The molecule has 2 amide bonds. The molecule has 0 saturated carbocycles. The van der Waals surface area contributed by atoms with Crippen LogP contribution >= 0.6 is 0 Å². The number of nitrogens with zero attached hydrogens (tertiary/aromatic N) is 7. The number of aromatic nitrogens is 5. The number of carbonyl (C=O) groups is 2. The van der Waals surface area contributed by atoms with Gasteiger partial charge in [0.2, 0.25) is 17.7 Å². The van der Waals surface area contributed by atoms with Gasteiger partial charge < -0.3 is 19.9 Å². The third-order valence-corrected chi connectivity index (χ3v) is 9.54. The van der Waals surface area contributed by atoms with Gasteiger partial charge >= 0.3 is 0 Å². The minimum Gasteiger partial charge on any atom is -0.481 e.